The molecule has 108 valence electrons. The summed E-state index contributed by atoms with van der Waals surface area (Å²) in [7, 11) is 0. The van der Waals surface area contributed by atoms with Gasteiger partial charge in [-0.2, -0.15) is 0 Å². The van der Waals surface area contributed by atoms with E-state index in [-0.39, 0.29) is 5.69 Å². The normalized spacial score (nSPS) is 22.1. The van der Waals surface area contributed by atoms with E-state index in [4.69, 9.17) is 0 Å². The van der Waals surface area contributed by atoms with Crippen molar-refractivity contribution in [2.75, 3.05) is 11.4 Å². The number of pyridine rings is 1. The lowest BCUT2D eigenvalue weighted by Gasteiger charge is -2.32. The summed E-state index contributed by atoms with van der Waals surface area (Å²) >= 11 is 3.31. The van der Waals surface area contributed by atoms with Gasteiger partial charge in [-0.15, -0.1) is 0 Å². The van der Waals surface area contributed by atoms with Crippen molar-refractivity contribution in [1.82, 2.24) is 4.98 Å². The van der Waals surface area contributed by atoms with Crippen LogP contribution in [0.25, 0.3) is 0 Å². The fourth-order valence-electron chi connectivity index (χ4n) is 2.45. The quantitative estimate of drug-likeness (QED) is 0.668. The Morgan fingerprint density at radius 1 is 1.65 bits per heavy atom. The van der Waals surface area contributed by atoms with Gasteiger partial charge in [-0.05, 0) is 42.6 Å². The largest absolute Gasteiger partial charge is 0.480 e. The smallest absolute Gasteiger partial charge is 0.329 e. The zero-order chi connectivity index (χ0) is 15.1. The standard InChI is InChI=1S/C12H14BrN3O4/c1-7-8(16(19)20)6-14-10(9(7)13)15-5-3-4-12(15,2)11(17)18/h6H,3-5H2,1-2H3,(H,17,18). The second-order valence-corrected chi connectivity index (χ2v) is 5.79. The average Bonchev–Trinajstić information content (AvgIpc) is 2.75. The van der Waals surface area contributed by atoms with E-state index in [1.807, 2.05) is 0 Å². The predicted molar refractivity (Wildman–Crippen MR) is 75.9 cm³/mol. The molecule has 8 heteroatoms. The Morgan fingerprint density at radius 2 is 2.30 bits per heavy atom. The maximum atomic E-state index is 11.5. The maximum Gasteiger partial charge on any atom is 0.329 e. The number of hydrogen-bond donors (Lipinski definition) is 1. The number of nitrogens with zero attached hydrogens (tertiary/aromatic N) is 3. The SMILES string of the molecule is Cc1c([N+](=O)[O-])cnc(N2CCCC2(C)C(=O)O)c1Br. The molecule has 1 aromatic rings. The van der Waals surface area contributed by atoms with Gasteiger partial charge in [-0.25, -0.2) is 9.78 Å². The molecular weight excluding hydrogens is 330 g/mol. The van der Waals surface area contributed by atoms with Gasteiger partial charge < -0.3 is 10.0 Å². The van der Waals surface area contributed by atoms with Gasteiger partial charge in [0.2, 0.25) is 0 Å². The Kier molecular flexibility index (Phi) is 3.68. The fourth-order valence-corrected chi connectivity index (χ4v) is 2.97. The van der Waals surface area contributed by atoms with Crippen molar-refractivity contribution in [1.29, 1.82) is 0 Å². The van der Waals surface area contributed by atoms with Crippen LogP contribution in [0.15, 0.2) is 10.7 Å². The molecule has 0 spiro atoms. The number of hydrogen-bond acceptors (Lipinski definition) is 5. The van der Waals surface area contributed by atoms with Crippen LogP contribution in [0.3, 0.4) is 0 Å². The van der Waals surface area contributed by atoms with Crippen LogP contribution < -0.4 is 4.90 Å². The second kappa shape index (κ2) is 5.01. The molecule has 0 saturated carbocycles. The molecular formula is C12H14BrN3O4. The molecule has 1 atom stereocenters. The summed E-state index contributed by atoms with van der Waals surface area (Å²) in [6, 6.07) is 0. The summed E-state index contributed by atoms with van der Waals surface area (Å²) in [5, 5.41) is 20.3. The number of rotatable bonds is 3. The van der Waals surface area contributed by atoms with Crippen LogP contribution in [0, 0.1) is 17.0 Å². The van der Waals surface area contributed by atoms with Gasteiger partial charge in [-0.3, -0.25) is 10.1 Å². The van der Waals surface area contributed by atoms with Crippen LogP contribution in [0.5, 0.6) is 0 Å². The highest BCUT2D eigenvalue weighted by atomic mass is 79.9. The number of aromatic nitrogens is 1. The van der Waals surface area contributed by atoms with Crippen molar-refractivity contribution in [3.05, 3.63) is 26.3 Å². The molecule has 1 saturated heterocycles. The van der Waals surface area contributed by atoms with Gasteiger partial charge in [0.05, 0.1) is 9.40 Å². The molecule has 20 heavy (non-hydrogen) atoms. The van der Waals surface area contributed by atoms with Crippen molar-refractivity contribution >= 4 is 33.4 Å². The van der Waals surface area contributed by atoms with Gasteiger partial charge in [0.15, 0.2) is 0 Å². The van der Waals surface area contributed by atoms with Crippen molar-refractivity contribution in [3.63, 3.8) is 0 Å². The first-order valence-electron chi connectivity index (χ1n) is 6.09. The molecule has 1 N–H and O–H groups in total. The average molecular weight is 344 g/mol. The van der Waals surface area contributed by atoms with Crippen molar-refractivity contribution < 1.29 is 14.8 Å². The Morgan fingerprint density at radius 3 is 2.85 bits per heavy atom. The Bertz CT molecular complexity index is 592. The summed E-state index contributed by atoms with van der Waals surface area (Å²) in [6.07, 6.45) is 2.44. The molecule has 2 heterocycles. The number of anilines is 1. The van der Waals surface area contributed by atoms with Crippen LogP contribution in [0.1, 0.15) is 25.3 Å². The van der Waals surface area contributed by atoms with Gasteiger partial charge >= 0.3 is 5.97 Å². The lowest BCUT2D eigenvalue weighted by atomic mass is 9.99. The van der Waals surface area contributed by atoms with Gasteiger partial charge in [0.1, 0.15) is 17.6 Å². The molecule has 0 aliphatic carbocycles. The minimum atomic E-state index is -1.03. The summed E-state index contributed by atoms with van der Waals surface area (Å²) < 4.78 is 0.473. The van der Waals surface area contributed by atoms with E-state index in [0.29, 0.717) is 28.8 Å². The van der Waals surface area contributed by atoms with E-state index in [0.717, 1.165) is 6.42 Å². The molecule has 1 unspecified atom stereocenters. The van der Waals surface area contributed by atoms with Crippen LogP contribution in [-0.2, 0) is 4.79 Å². The number of aliphatic carboxylic acids is 1. The summed E-state index contributed by atoms with van der Waals surface area (Å²) in [5.41, 5.74) is -0.672. The second-order valence-electron chi connectivity index (χ2n) is 5.00. The third-order valence-corrected chi connectivity index (χ3v) is 4.72. The third kappa shape index (κ3) is 2.13. The third-order valence-electron chi connectivity index (χ3n) is 3.77. The Hall–Kier alpha value is -1.70. The van der Waals surface area contributed by atoms with E-state index in [1.165, 1.54) is 6.20 Å². The maximum absolute atomic E-state index is 11.5. The predicted octanol–water partition coefficient (Wildman–Crippen LogP) is 2.50. The van der Waals surface area contributed by atoms with Crippen LogP contribution >= 0.6 is 15.9 Å². The molecule has 1 aromatic heterocycles. The molecule has 1 aliphatic heterocycles. The number of carbonyl (C=O) groups is 1. The molecule has 0 amide bonds. The minimum absolute atomic E-state index is 0.0862. The highest BCUT2D eigenvalue weighted by Crippen LogP contribution is 2.39. The van der Waals surface area contributed by atoms with E-state index in [1.54, 1.807) is 18.7 Å². The Labute approximate surface area is 123 Å². The molecule has 2 rings (SSSR count). The number of nitro groups is 1. The van der Waals surface area contributed by atoms with Crippen molar-refractivity contribution in [3.8, 4) is 0 Å². The number of halogens is 1. The zero-order valence-electron chi connectivity index (χ0n) is 11.1. The van der Waals surface area contributed by atoms with Gasteiger partial charge in [0.25, 0.3) is 5.69 Å². The first kappa shape index (κ1) is 14.7. The molecule has 0 aromatic carbocycles. The summed E-state index contributed by atoms with van der Waals surface area (Å²) in [4.78, 5) is 27.6. The van der Waals surface area contributed by atoms with E-state index in [2.05, 4.69) is 20.9 Å². The van der Waals surface area contributed by atoms with E-state index < -0.39 is 16.4 Å². The van der Waals surface area contributed by atoms with Crippen LogP contribution in [0.2, 0.25) is 0 Å². The monoisotopic (exact) mass is 343 g/mol. The first-order chi connectivity index (χ1) is 9.29. The topological polar surface area (TPSA) is 96.6 Å². The Balaban J connectivity index is 2.51. The lowest BCUT2D eigenvalue weighted by Crippen LogP contribution is -2.48. The summed E-state index contributed by atoms with van der Waals surface area (Å²) in [5.74, 6) is -0.477. The summed E-state index contributed by atoms with van der Waals surface area (Å²) in [6.45, 7) is 3.82. The van der Waals surface area contributed by atoms with Crippen LogP contribution in [0.4, 0.5) is 11.5 Å². The number of carboxylic acid groups (broad SMARTS) is 1. The highest BCUT2D eigenvalue weighted by Gasteiger charge is 2.45. The molecule has 1 fully saturated rings. The van der Waals surface area contributed by atoms with E-state index >= 15 is 0 Å². The molecule has 0 radical (unpaired) electrons. The lowest BCUT2D eigenvalue weighted by molar-refractivity contribution is -0.385. The van der Waals surface area contributed by atoms with Gasteiger partial charge in [0, 0.05) is 12.1 Å². The first-order valence-corrected chi connectivity index (χ1v) is 6.89. The van der Waals surface area contributed by atoms with Gasteiger partial charge in [-0.1, -0.05) is 0 Å². The molecule has 1 aliphatic rings. The highest BCUT2D eigenvalue weighted by molar-refractivity contribution is 9.10. The zero-order valence-corrected chi connectivity index (χ0v) is 12.7. The molecule has 7 nitrogen and oxygen atoms in total. The number of carboxylic acids is 1. The van der Waals surface area contributed by atoms with Crippen molar-refractivity contribution in [2.45, 2.75) is 32.2 Å². The fraction of sp³-hybridized carbons (Fsp3) is 0.500. The van der Waals surface area contributed by atoms with Crippen molar-refractivity contribution in [2.24, 2.45) is 0 Å². The minimum Gasteiger partial charge on any atom is -0.480 e. The van der Waals surface area contributed by atoms with E-state index in [9.17, 15) is 20.0 Å². The molecule has 0 bridgehead atoms. The van der Waals surface area contributed by atoms with Crippen LogP contribution in [-0.4, -0.2) is 33.1 Å².